The summed E-state index contributed by atoms with van der Waals surface area (Å²) in [5.74, 6) is 0. The molecule has 0 spiro atoms. The zero-order valence-corrected chi connectivity index (χ0v) is 12.7. The standard InChI is InChI=1S/C14H17N5OS/c1-18(12-8-13(20)19(2)16-10-12)17-14(21)15-9-11-6-4-3-5-7-11/h3-8,10H,9H2,1-2H3,(H2,15,17,21). The lowest BCUT2D eigenvalue weighted by Crippen LogP contribution is -2.45. The number of hydrogen-bond donors (Lipinski definition) is 2. The minimum atomic E-state index is -0.177. The van der Waals surface area contributed by atoms with Crippen LogP contribution in [0.4, 0.5) is 5.69 Å². The number of rotatable bonds is 4. The second-order valence-electron chi connectivity index (χ2n) is 4.51. The minimum Gasteiger partial charge on any atom is -0.357 e. The number of benzene rings is 1. The summed E-state index contributed by atoms with van der Waals surface area (Å²) < 4.78 is 1.27. The van der Waals surface area contributed by atoms with E-state index in [9.17, 15) is 4.79 Å². The highest BCUT2D eigenvalue weighted by Crippen LogP contribution is 2.03. The summed E-state index contributed by atoms with van der Waals surface area (Å²) in [6.07, 6.45) is 1.59. The smallest absolute Gasteiger partial charge is 0.268 e. The third-order valence-electron chi connectivity index (χ3n) is 2.91. The van der Waals surface area contributed by atoms with Gasteiger partial charge in [0, 0.05) is 26.7 Å². The van der Waals surface area contributed by atoms with Gasteiger partial charge in [-0.05, 0) is 17.8 Å². The summed E-state index contributed by atoms with van der Waals surface area (Å²) >= 11 is 5.22. The Morgan fingerprint density at radius 2 is 2.10 bits per heavy atom. The first kappa shape index (κ1) is 15.0. The molecule has 7 heteroatoms. The molecule has 0 radical (unpaired) electrons. The van der Waals surface area contributed by atoms with Crippen LogP contribution in [0.2, 0.25) is 0 Å². The molecule has 0 atom stereocenters. The molecule has 1 heterocycles. The second kappa shape index (κ2) is 6.85. The first-order valence-electron chi connectivity index (χ1n) is 6.42. The maximum absolute atomic E-state index is 11.5. The van der Waals surface area contributed by atoms with E-state index in [1.807, 2.05) is 30.3 Å². The van der Waals surface area contributed by atoms with Crippen LogP contribution < -0.4 is 21.3 Å². The summed E-state index contributed by atoms with van der Waals surface area (Å²) in [5, 5.41) is 9.18. The van der Waals surface area contributed by atoms with E-state index in [2.05, 4.69) is 15.8 Å². The highest BCUT2D eigenvalue weighted by molar-refractivity contribution is 7.80. The molecule has 0 saturated heterocycles. The molecule has 0 amide bonds. The van der Waals surface area contributed by atoms with Crippen LogP contribution in [0.1, 0.15) is 5.56 Å². The Balaban J connectivity index is 1.90. The van der Waals surface area contributed by atoms with Crippen molar-refractivity contribution >= 4 is 23.0 Å². The zero-order chi connectivity index (χ0) is 15.2. The van der Waals surface area contributed by atoms with E-state index < -0.39 is 0 Å². The third-order valence-corrected chi connectivity index (χ3v) is 3.14. The van der Waals surface area contributed by atoms with E-state index in [1.54, 1.807) is 25.3 Å². The average molecular weight is 303 g/mol. The molecular formula is C14H17N5OS. The van der Waals surface area contributed by atoms with Crippen molar-refractivity contribution in [2.45, 2.75) is 6.54 Å². The average Bonchev–Trinajstić information content (AvgIpc) is 2.49. The molecule has 1 aromatic carbocycles. The van der Waals surface area contributed by atoms with Crippen LogP contribution in [-0.4, -0.2) is 21.9 Å². The molecule has 21 heavy (non-hydrogen) atoms. The Bertz CT molecular complexity index is 671. The number of nitrogens with zero attached hydrogens (tertiary/aromatic N) is 3. The molecule has 0 fully saturated rings. The summed E-state index contributed by atoms with van der Waals surface area (Å²) in [6, 6.07) is 11.4. The number of aromatic nitrogens is 2. The minimum absolute atomic E-state index is 0.177. The largest absolute Gasteiger partial charge is 0.357 e. The van der Waals surface area contributed by atoms with Gasteiger partial charge in [0.25, 0.3) is 5.56 Å². The van der Waals surface area contributed by atoms with Crippen molar-refractivity contribution in [2.24, 2.45) is 7.05 Å². The molecule has 0 aliphatic carbocycles. The van der Waals surface area contributed by atoms with Gasteiger partial charge in [-0.25, -0.2) is 4.68 Å². The fourth-order valence-corrected chi connectivity index (χ4v) is 1.89. The number of nitrogens with one attached hydrogen (secondary N) is 2. The van der Waals surface area contributed by atoms with Gasteiger partial charge >= 0.3 is 0 Å². The quantitative estimate of drug-likeness (QED) is 0.643. The fourth-order valence-electron chi connectivity index (χ4n) is 1.68. The normalized spacial score (nSPS) is 10.0. The second-order valence-corrected chi connectivity index (χ2v) is 4.92. The lowest BCUT2D eigenvalue weighted by Gasteiger charge is -2.22. The Morgan fingerprint density at radius 1 is 1.38 bits per heavy atom. The molecule has 6 nitrogen and oxygen atoms in total. The van der Waals surface area contributed by atoms with Gasteiger partial charge in [0.05, 0.1) is 11.9 Å². The molecule has 0 saturated carbocycles. The van der Waals surface area contributed by atoms with Crippen molar-refractivity contribution in [3.8, 4) is 0 Å². The third kappa shape index (κ3) is 4.28. The van der Waals surface area contributed by atoms with Gasteiger partial charge in [0.15, 0.2) is 5.11 Å². The van der Waals surface area contributed by atoms with Gasteiger partial charge < -0.3 is 5.32 Å². The molecule has 2 aromatic rings. The first-order chi connectivity index (χ1) is 10.1. The topological polar surface area (TPSA) is 62.2 Å². The van der Waals surface area contributed by atoms with Gasteiger partial charge in [-0.1, -0.05) is 30.3 Å². The van der Waals surface area contributed by atoms with E-state index >= 15 is 0 Å². The summed E-state index contributed by atoms with van der Waals surface area (Å²) in [6.45, 7) is 0.634. The van der Waals surface area contributed by atoms with Gasteiger partial charge in [-0.3, -0.25) is 15.2 Å². The van der Waals surface area contributed by atoms with Crippen molar-refractivity contribution in [1.29, 1.82) is 0 Å². The van der Waals surface area contributed by atoms with Gasteiger partial charge in [-0.2, -0.15) is 5.10 Å². The fraction of sp³-hybridized carbons (Fsp3) is 0.214. The molecule has 2 N–H and O–H groups in total. The molecular weight excluding hydrogens is 286 g/mol. The van der Waals surface area contributed by atoms with Gasteiger partial charge in [-0.15, -0.1) is 0 Å². The summed E-state index contributed by atoms with van der Waals surface area (Å²) in [5.41, 5.74) is 4.58. The maximum Gasteiger partial charge on any atom is 0.268 e. The van der Waals surface area contributed by atoms with E-state index in [0.717, 1.165) is 5.56 Å². The number of hydrazine groups is 1. The zero-order valence-electron chi connectivity index (χ0n) is 11.9. The lowest BCUT2D eigenvalue weighted by atomic mass is 10.2. The summed E-state index contributed by atoms with van der Waals surface area (Å²) in [7, 11) is 3.37. The summed E-state index contributed by atoms with van der Waals surface area (Å²) in [4.78, 5) is 11.5. The van der Waals surface area contributed by atoms with Crippen LogP contribution in [0.15, 0.2) is 47.4 Å². The first-order valence-corrected chi connectivity index (χ1v) is 6.82. The van der Waals surface area contributed by atoms with Crippen molar-refractivity contribution in [3.63, 3.8) is 0 Å². The molecule has 0 aliphatic rings. The Hall–Kier alpha value is -2.41. The van der Waals surface area contributed by atoms with Crippen molar-refractivity contribution < 1.29 is 0 Å². The van der Waals surface area contributed by atoms with E-state index in [1.165, 1.54) is 10.7 Å². The Morgan fingerprint density at radius 3 is 2.76 bits per heavy atom. The van der Waals surface area contributed by atoms with Crippen molar-refractivity contribution in [2.75, 3.05) is 12.1 Å². The maximum atomic E-state index is 11.5. The Kier molecular flexibility index (Phi) is 4.89. The number of aryl methyl sites for hydroxylation is 1. The molecule has 0 unspecified atom stereocenters. The van der Waals surface area contributed by atoms with Crippen LogP contribution in [0.25, 0.3) is 0 Å². The number of hydrogen-bond acceptors (Lipinski definition) is 4. The van der Waals surface area contributed by atoms with E-state index in [4.69, 9.17) is 12.2 Å². The number of thiocarbonyl (C=S) groups is 1. The van der Waals surface area contributed by atoms with Crippen LogP contribution >= 0.6 is 12.2 Å². The van der Waals surface area contributed by atoms with Crippen LogP contribution in [0.5, 0.6) is 0 Å². The highest BCUT2D eigenvalue weighted by atomic mass is 32.1. The van der Waals surface area contributed by atoms with Gasteiger partial charge in [0.2, 0.25) is 0 Å². The predicted octanol–water partition coefficient (Wildman–Crippen LogP) is 0.796. The molecule has 110 valence electrons. The number of anilines is 1. The monoisotopic (exact) mass is 303 g/mol. The van der Waals surface area contributed by atoms with Crippen LogP contribution in [-0.2, 0) is 13.6 Å². The lowest BCUT2D eigenvalue weighted by molar-refractivity contribution is 0.700. The highest BCUT2D eigenvalue weighted by Gasteiger charge is 2.05. The Labute approximate surface area is 128 Å². The molecule has 1 aromatic heterocycles. The van der Waals surface area contributed by atoms with Crippen LogP contribution in [0, 0.1) is 0 Å². The van der Waals surface area contributed by atoms with Crippen LogP contribution in [0.3, 0.4) is 0 Å². The molecule has 2 rings (SSSR count). The van der Waals surface area contributed by atoms with Crippen molar-refractivity contribution in [1.82, 2.24) is 20.5 Å². The van der Waals surface area contributed by atoms with E-state index in [-0.39, 0.29) is 5.56 Å². The van der Waals surface area contributed by atoms with Gasteiger partial charge in [0.1, 0.15) is 0 Å². The van der Waals surface area contributed by atoms with Crippen molar-refractivity contribution in [3.05, 3.63) is 58.5 Å². The van der Waals surface area contributed by atoms with E-state index in [0.29, 0.717) is 17.3 Å². The molecule has 0 aliphatic heterocycles. The SMILES string of the molecule is CN(NC(=S)NCc1ccccc1)c1cnn(C)c(=O)c1. The molecule has 0 bridgehead atoms. The predicted molar refractivity (Wildman–Crippen MR) is 86.9 cm³/mol.